The van der Waals surface area contributed by atoms with Crippen molar-refractivity contribution in [3.63, 3.8) is 0 Å². The SMILES string of the molecule is CC(=Nc1ccc(OC(F)(F)P)cc1)/C(=C\N)N1CCN(CCN2CCOCC2)CC1. The molecule has 3 rings (SSSR count). The second-order valence-electron chi connectivity index (χ2n) is 7.69. The summed E-state index contributed by atoms with van der Waals surface area (Å²) < 4.78 is 35.8. The molecule has 2 aliphatic heterocycles. The first-order valence-corrected chi connectivity index (χ1v) is 11.1. The van der Waals surface area contributed by atoms with E-state index in [9.17, 15) is 8.78 Å². The highest BCUT2D eigenvalue weighted by Crippen LogP contribution is 2.28. The molecule has 10 heteroatoms. The lowest BCUT2D eigenvalue weighted by molar-refractivity contribution is -0.0892. The molecule has 0 radical (unpaired) electrons. The first kappa shape index (κ1) is 23.9. The summed E-state index contributed by atoms with van der Waals surface area (Å²) in [6.07, 6.45) is 1.59. The number of nitrogens with two attached hydrogens (primary N) is 1. The van der Waals surface area contributed by atoms with Crippen molar-refractivity contribution in [2.75, 3.05) is 65.6 Å². The van der Waals surface area contributed by atoms with Crippen LogP contribution in [-0.2, 0) is 4.74 Å². The van der Waals surface area contributed by atoms with E-state index in [1.54, 1.807) is 18.3 Å². The molecule has 172 valence electrons. The second-order valence-corrected chi connectivity index (χ2v) is 8.36. The lowest BCUT2D eigenvalue weighted by Gasteiger charge is -2.38. The van der Waals surface area contributed by atoms with Crippen LogP contribution in [0.4, 0.5) is 14.5 Å². The number of piperazine rings is 1. The molecule has 1 unspecified atom stereocenters. The average Bonchev–Trinajstić information content (AvgIpc) is 2.75. The van der Waals surface area contributed by atoms with E-state index in [4.69, 9.17) is 10.5 Å². The molecule has 0 amide bonds. The van der Waals surface area contributed by atoms with E-state index in [0.29, 0.717) is 5.69 Å². The summed E-state index contributed by atoms with van der Waals surface area (Å²) in [5, 5.41) is 0. The standard InChI is InChI=1S/C21H32F2N5O2P/c1-17(25-18-2-4-19(5-3-18)30-21(22,23)31)20(16-24)28-10-8-26(9-11-28)6-7-27-12-14-29-15-13-27/h2-5,16H,6-15,24,31H2,1H3/b20-16+,25-17?. The van der Waals surface area contributed by atoms with Gasteiger partial charge >= 0.3 is 5.85 Å². The normalized spacial score (nSPS) is 20.2. The van der Waals surface area contributed by atoms with Crippen molar-refractivity contribution in [3.05, 3.63) is 36.2 Å². The number of alkyl halides is 2. The molecule has 0 bridgehead atoms. The van der Waals surface area contributed by atoms with Crippen LogP contribution in [0.1, 0.15) is 6.92 Å². The highest BCUT2D eigenvalue weighted by atomic mass is 31.0. The van der Waals surface area contributed by atoms with Gasteiger partial charge in [-0.2, -0.15) is 8.78 Å². The van der Waals surface area contributed by atoms with Gasteiger partial charge in [0, 0.05) is 58.6 Å². The maximum Gasteiger partial charge on any atom is 0.408 e. The van der Waals surface area contributed by atoms with E-state index in [1.165, 1.54) is 21.4 Å². The second kappa shape index (κ2) is 11.2. The van der Waals surface area contributed by atoms with E-state index in [1.807, 2.05) is 6.92 Å². The van der Waals surface area contributed by atoms with Crippen molar-refractivity contribution in [1.29, 1.82) is 0 Å². The summed E-state index contributed by atoms with van der Waals surface area (Å²) in [5.41, 5.74) is 8.25. The highest BCUT2D eigenvalue weighted by Gasteiger charge is 2.23. The minimum Gasteiger partial charge on any atom is -0.430 e. The molecule has 1 atom stereocenters. The third kappa shape index (κ3) is 7.68. The van der Waals surface area contributed by atoms with Crippen molar-refractivity contribution >= 4 is 20.6 Å². The molecule has 0 aliphatic carbocycles. The molecule has 2 N–H and O–H groups in total. The molecule has 1 aromatic rings. The van der Waals surface area contributed by atoms with E-state index in [0.717, 1.165) is 77.0 Å². The quantitative estimate of drug-likeness (QED) is 0.480. The molecule has 1 aromatic carbocycles. The van der Waals surface area contributed by atoms with Gasteiger partial charge in [-0.15, -0.1) is 0 Å². The number of aliphatic imine (C=N–C) groups is 1. The lowest BCUT2D eigenvalue weighted by Crippen LogP contribution is -2.49. The minimum absolute atomic E-state index is 0.0828. The van der Waals surface area contributed by atoms with Gasteiger partial charge in [0.2, 0.25) is 0 Å². The van der Waals surface area contributed by atoms with Crippen molar-refractivity contribution in [3.8, 4) is 5.75 Å². The van der Waals surface area contributed by atoms with E-state index in [2.05, 4.69) is 24.4 Å². The molecule has 2 fully saturated rings. The summed E-state index contributed by atoms with van der Waals surface area (Å²) in [6.45, 7) is 11.5. The van der Waals surface area contributed by atoms with Crippen molar-refractivity contribution in [2.24, 2.45) is 10.7 Å². The van der Waals surface area contributed by atoms with Gasteiger partial charge in [0.1, 0.15) is 5.75 Å². The summed E-state index contributed by atoms with van der Waals surface area (Å²) in [5.74, 6) is -3.21. The summed E-state index contributed by atoms with van der Waals surface area (Å²) in [4.78, 5) is 11.8. The Morgan fingerprint density at radius 2 is 1.68 bits per heavy atom. The number of rotatable bonds is 8. The lowest BCUT2D eigenvalue weighted by atomic mass is 10.2. The topological polar surface area (TPSA) is 66.6 Å². The minimum atomic E-state index is -3.29. The Balaban J connectivity index is 1.51. The predicted molar refractivity (Wildman–Crippen MR) is 122 cm³/mol. The van der Waals surface area contributed by atoms with Crippen LogP contribution in [0.2, 0.25) is 0 Å². The maximum absolute atomic E-state index is 12.9. The molecular formula is C21H32F2N5O2P. The number of ether oxygens (including phenoxy) is 2. The zero-order chi connectivity index (χ0) is 22.3. The third-order valence-electron chi connectivity index (χ3n) is 5.47. The molecular weight excluding hydrogens is 423 g/mol. The number of morpholine rings is 1. The predicted octanol–water partition coefficient (Wildman–Crippen LogP) is 2.33. The largest absolute Gasteiger partial charge is 0.430 e. The number of halogens is 2. The molecule has 0 aromatic heterocycles. The highest BCUT2D eigenvalue weighted by molar-refractivity contribution is 7.17. The Labute approximate surface area is 185 Å². The number of allylic oxidation sites excluding steroid dienone is 1. The fourth-order valence-electron chi connectivity index (χ4n) is 3.77. The van der Waals surface area contributed by atoms with Gasteiger partial charge in [0.05, 0.1) is 30.3 Å². The molecule has 0 saturated carbocycles. The van der Waals surface area contributed by atoms with Crippen LogP contribution in [0.5, 0.6) is 5.75 Å². The Hall–Kier alpha value is -1.80. The Bertz CT molecular complexity index is 756. The average molecular weight is 455 g/mol. The number of nitrogens with zero attached hydrogens (tertiary/aromatic N) is 4. The van der Waals surface area contributed by atoms with Crippen molar-refractivity contribution in [2.45, 2.75) is 12.8 Å². The van der Waals surface area contributed by atoms with Crippen LogP contribution in [-0.4, -0.2) is 91.8 Å². The zero-order valence-corrected chi connectivity index (χ0v) is 19.1. The number of benzene rings is 1. The van der Waals surface area contributed by atoms with Crippen LogP contribution in [0, 0.1) is 0 Å². The molecule has 7 nitrogen and oxygen atoms in total. The molecule has 2 saturated heterocycles. The Morgan fingerprint density at radius 3 is 2.23 bits per heavy atom. The van der Waals surface area contributed by atoms with Crippen LogP contribution in [0.3, 0.4) is 0 Å². The van der Waals surface area contributed by atoms with Gasteiger partial charge in [-0.25, -0.2) is 0 Å². The van der Waals surface area contributed by atoms with Gasteiger partial charge in [-0.05, 0) is 40.4 Å². The first-order chi connectivity index (χ1) is 14.8. The van der Waals surface area contributed by atoms with Crippen LogP contribution in [0.15, 0.2) is 41.2 Å². The monoisotopic (exact) mass is 455 g/mol. The van der Waals surface area contributed by atoms with E-state index >= 15 is 0 Å². The summed E-state index contributed by atoms with van der Waals surface area (Å²) in [6, 6.07) is 6.24. The van der Waals surface area contributed by atoms with Crippen LogP contribution in [0.25, 0.3) is 0 Å². The molecule has 2 heterocycles. The third-order valence-corrected chi connectivity index (χ3v) is 5.58. The summed E-state index contributed by atoms with van der Waals surface area (Å²) >= 11 is 0. The van der Waals surface area contributed by atoms with Gasteiger partial charge < -0.3 is 20.1 Å². The van der Waals surface area contributed by atoms with Crippen LogP contribution < -0.4 is 10.5 Å². The van der Waals surface area contributed by atoms with Crippen molar-refractivity contribution in [1.82, 2.24) is 14.7 Å². The fraction of sp³-hybridized carbons (Fsp3) is 0.571. The van der Waals surface area contributed by atoms with Gasteiger partial charge in [0.15, 0.2) is 0 Å². The van der Waals surface area contributed by atoms with Gasteiger partial charge in [0.25, 0.3) is 0 Å². The van der Waals surface area contributed by atoms with Crippen molar-refractivity contribution < 1.29 is 18.3 Å². The first-order valence-electron chi connectivity index (χ1n) is 10.5. The molecule has 31 heavy (non-hydrogen) atoms. The number of hydrogen-bond donors (Lipinski definition) is 1. The number of hydrogen-bond acceptors (Lipinski definition) is 7. The molecule has 0 spiro atoms. The smallest absolute Gasteiger partial charge is 0.408 e. The zero-order valence-electron chi connectivity index (χ0n) is 18.0. The Kier molecular flexibility index (Phi) is 8.60. The van der Waals surface area contributed by atoms with Gasteiger partial charge in [-0.3, -0.25) is 14.8 Å². The van der Waals surface area contributed by atoms with Crippen LogP contribution >= 0.6 is 9.24 Å². The van der Waals surface area contributed by atoms with Gasteiger partial charge in [-0.1, -0.05) is 0 Å². The summed E-state index contributed by atoms with van der Waals surface area (Å²) in [7, 11) is 1.36. The fourth-order valence-corrected chi connectivity index (χ4v) is 3.91. The van der Waals surface area contributed by atoms with E-state index < -0.39 is 5.85 Å². The Morgan fingerprint density at radius 1 is 1.10 bits per heavy atom. The maximum atomic E-state index is 12.9. The van der Waals surface area contributed by atoms with E-state index in [-0.39, 0.29) is 5.75 Å². The molecule has 2 aliphatic rings.